The van der Waals surface area contributed by atoms with Crippen molar-refractivity contribution in [2.24, 2.45) is 28.6 Å². The molecule has 224 valence electrons. The van der Waals surface area contributed by atoms with Gasteiger partial charge in [0.25, 0.3) is 0 Å². The lowest BCUT2D eigenvalue weighted by atomic mass is 9.41. The number of esters is 1. The van der Waals surface area contributed by atoms with Crippen LogP contribution in [-0.4, -0.2) is 110 Å². The van der Waals surface area contributed by atoms with Gasteiger partial charge in [0.2, 0.25) is 0 Å². The van der Waals surface area contributed by atoms with Gasteiger partial charge in [0.05, 0.1) is 47.6 Å². The van der Waals surface area contributed by atoms with E-state index in [0.717, 1.165) is 12.0 Å². The molecule has 11 nitrogen and oxygen atoms in total. The summed E-state index contributed by atoms with van der Waals surface area (Å²) in [5.41, 5.74) is -3.03. The van der Waals surface area contributed by atoms with E-state index in [0.29, 0.717) is 32.1 Å². The van der Waals surface area contributed by atoms with Gasteiger partial charge in [-0.15, -0.1) is 0 Å². The molecule has 6 fully saturated rings. The van der Waals surface area contributed by atoms with E-state index >= 15 is 0 Å². The van der Waals surface area contributed by atoms with Gasteiger partial charge >= 0.3 is 5.97 Å². The molecule has 0 aromatic carbocycles. The quantitative estimate of drug-likeness (QED) is 0.243. The first-order valence-corrected chi connectivity index (χ1v) is 14.8. The monoisotopic (exact) mass is 566 g/mol. The molecule has 11 heteroatoms. The predicted octanol–water partition coefficient (Wildman–Crippen LogP) is -0.469. The molecule has 4 aliphatic carbocycles. The van der Waals surface area contributed by atoms with E-state index in [2.05, 4.69) is 6.92 Å². The van der Waals surface area contributed by atoms with Crippen LogP contribution in [0.25, 0.3) is 0 Å². The van der Waals surface area contributed by atoms with Crippen LogP contribution < -0.4 is 0 Å². The smallest absolute Gasteiger partial charge is 0.331 e. The molecule has 40 heavy (non-hydrogen) atoms. The molecule has 0 aromatic heterocycles. The average Bonchev–Trinajstić information content (AvgIpc) is 3.53. The van der Waals surface area contributed by atoms with Crippen molar-refractivity contribution in [1.29, 1.82) is 0 Å². The maximum absolute atomic E-state index is 12.6. The molecule has 7 aliphatic rings. The third-order valence-electron chi connectivity index (χ3n) is 12.4. The van der Waals surface area contributed by atoms with Crippen molar-refractivity contribution in [2.45, 2.75) is 119 Å². The maximum Gasteiger partial charge on any atom is 0.331 e. The van der Waals surface area contributed by atoms with Gasteiger partial charge in [-0.05, 0) is 56.4 Å². The molecule has 0 spiro atoms. The molecule has 3 heterocycles. The molecule has 0 bridgehead atoms. The fraction of sp³-hybridized carbons (Fsp3) is 0.897. The number of ether oxygens (including phenoxy) is 4. The van der Waals surface area contributed by atoms with Crippen LogP contribution in [0, 0.1) is 28.6 Å². The zero-order valence-electron chi connectivity index (χ0n) is 23.0. The number of cyclic esters (lactones) is 1. The summed E-state index contributed by atoms with van der Waals surface area (Å²) in [7, 11) is 0. The first-order chi connectivity index (χ1) is 18.8. The molecule has 0 unspecified atom stereocenters. The molecular formula is C29H42O11. The number of rotatable bonds is 4. The normalized spacial score (nSPS) is 58.8. The second-order valence-corrected chi connectivity index (χ2v) is 14.0. The van der Waals surface area contributed by atoms with Gasteiger partial charge in [-0.25, -0.2) is 4.79 Å². The second kappa shape index (κ2) is 8.93. The molecule has 3 aliphatic heterocycles. The van der Waals surface area contributed by atoms with E-state index in [4.69, 9.17) is 18.9 Å². The zero-order chi connectivity index (χ0) is 28.4. The van der Waals surface area contributed by atoms with Crippen LogP contribution in [-0.2, 0) is 23.7 Å². The summed E-state index contributed by atoms with van der Waals surface area (Å²) in [4.78, 5) is 11.9. The standard InChI is InChI=1S/C29H42O11/c1-13-22(32)23(33)24(34)25(39-13)38-12-28-19-8-15(30)9-27(28,35)5-3-17-21(28)18(40-19)10-26(2)16(4-6-29(17,26)36)14-7-20(31)37-11-14/h7,13,15-19,21-25,30,32-36H,3-6,8-12H2,1-2H3/t13-,15-,16+,17+,18+,19-,21+,22-,23+,24+,25+,26+,27-,28+,29-/m0/s1. The Balaban J connectivity index is 1.25. The molecule has 0 aromatic rings. The second-order valence-electron chi connectivity index (χ2n) is 14.0. The van der Waals surface area contributed by atoms with E-state index in [1.54, 1.807) is 13.0 Å². The number of aliphatic hydroxyl groups is 6. The largest absolute Gasteiger partial charge is 0.458 e. The van der Waals surface area contributed by atoms with Crippen LogP contribution in [0.2, 0.25) is 0 Å². The highest BCUT2D eigenvalue weighted by Gasteiger charge is 2.79. The molecular weight excluding hydrogens is 524 g/mol. The highest BCUT2D eigenvalue weighted by Crippen LogP contribution is 2.74. The molecule has 6 N–H and O–H groups in total. The highest BCUT2D eigenvalue weighted by molar-refractivity contribution is 5.85. The number of hydrogen-bond donors (Lipinski definition) is 6. The Bertz CT molecular complexity index is 1100. The van der Waals surface area contributed by atoms with E-state index in [1.807, 2.05) is 0 Å². The molecule has 2 saturated heterocycles. The summed E-state index contributed by atoms with van der Waals surface area (Å²) in [6.07, 6.45) is -3.08. The van der Waals surface area contributed by atoms with Gasteiger partial charge in [0, 0.05) is 30.3 Å². The van der Waals surface area contributed by atoms with Crippen molar-refractivity contribution in [3.05, 3.63) is 11.6 Å². The van der Waals surface area contributed by atoms with E-state index in [-0.39, 0.29) is 49.5 Å². The molecule has 0 amide bonds. The molecule has 4 saturated carbocycles. The Labute approximate surface area is 233 Å². The lowest BCUT2D eigenvalue weighted by Crippen LogP contribution is -2.72. The third kappa shape index (κ3) is 3.41. The highest BCUT2D eigenvalue weighted by atomic mass is 16.7. The van der Waals surface area contributed by atoms with Gasteiger partial charge in [-0.2, -0.15) is 0 Å². The van der Waals surface area contributed by atoms with Crippen LogP contribution >= 0.6 is 0 Å². The molecule has 0 radical (unpaired) electrons. The Morgan fingerprint density at radius 1 is 1.02 bits per heavy atom. The SMILES string of the molecule is C[C@@H]1O[C@@H](OC[C@@]23[C@@H]4[C@H]5CC[C@]2(O)C[C@@H](O)C[C@@H]3O[C@@H]4C[C@]2(C)[C@@H](C3=CC(=O)OC3)CC[C@]52O)[C@H](O)[C@H](O)[C@H]1O. The van der Waals surface area contributed by atoms with Crippen LogP contribution in [0.4, 0.5) is 0 Å². The number of hydrogen-bond acceptors (Lipinski definition) is 11. The number of carbonyl (C=O) groups excluding carboxylic acids is 1. The maximum atomic E-state index is 12.6. The summed E-state index contributed by atoms with van der Waals surface area (Å²) in [6, 6.07) is 0. The number of aliphatic hydroxyl groups excluding tert-OH is 4. The fourth-order valence-corrected chi connectivity index (χ4v) is 10.5. The topological polar surface area (TPSA) is 175 Å². The van der Waals surface area contributed by atoms with Gasteiger partial charge in [0.15, 0.2) is 6.29 Å². The summed E-state index contributed by atoms with van der Waals surface area (Å²) < 4.78 is 23.9. The van der Waals surface area contributed by atoms with Crippen molar-refractivity contribution in [3.8, 4) is 0 Å². The zero-order valence-corrected chi connectivity index (χ0v) is 23.0. The lowest BCUT2D eigenvalue weighted by molar-refractivity contribution is -0.321. The van der Waals surface area contributed by atoms with Gasteiger partial charge in [0.1, 0.15) is 24.9 Å². The third-order valence-corrected chi connectivity index (χ3v) is 12.4. The number of fused-ring (bicyclic) bond motifs is 2. The van der Waals surface area contributed by atoms with Crippen molar-refractivity contribution >= 4 is 5.97 Å². The first-order valence-electron chi connectivity index (χ1n) is 14.8. The molecule has 7 rings (SSSR count). The van der Waals surface area contributed by atoms with Gasteiger partial charge in [-0.3, -0.25) is 0 Å². The van der Waals surface area contributed by atoms with Gasteiger partial charge in [-0.1, -0.05) is 6.92 Å². The van der Waals surface area contributed by atoms with Crippen LogP contribution in [0.3, 0.4) is 0 Å². The van der Waals surface area contributed by atoms with E-state index < -0.39 is 64.9 Å². The Morgan fingerprint density at radius 2 is 1.80 bits per heavy atom. The summed E-state index contributed by atoms with van der Waals surface area (Å²) in [5.74, 6) is -0.870. The Morgan fingerprint density at radius 3 is 2.52 bits per heavy atom. The number of carbonyl (C=O) groups is 1. The van der Waals surface area contributed by atoms with Crippen molar-refractivity contribution < 1.29 is 54.4 Å². The van der Waals surface area contributed by atoms with Crippen LogP contribution in [0.5, 0.6) is 0 Å². The minimum Gasteiger partial charge on any atom is -0.458 e. The van der Waals surface area contributed by atoms with Crippen molar-refractivity contribution in [2.75, 3.05) is 13.2 Å². The molecule has 15 atom stereocenters. The fourth-order valence-electron chi connectivity index (χ4n) is 10.5. The Hall–Kier alpha value is -1.15. The van der Waals surface area contributed by atoms with Crippen LogP contribution in [0.15, 0.2) is 11.6 Å². The predicted molar refractivity (Wildman–Crippen MR) is 135 cm³/mol. The summed E-state index contributed by atoms with van der Waals surface area (Å²) in [5, 5.41) is 66.8. The minimum atomic E-state index is -1.49. The van der Waals surface area contributed by atoms with Crippen LogP contribution in [0.1, 0.15) is 58.8 Å². The Kier molecular flexibility index (Phi) is 6.18. The summed E-state index contributed by atoms with van der Waals surface area (Å²) >= 11 is 0. The average molecular weight is 567 g/mol. The first kappa shape index (κ1) is 27.7. The van der Waals surface area contributed by atoms with E-state index in [9.17, 15) is 35.4 Å². The van der Waals surface area contributed by atoms with Crippen molar-refractivity contribution in [3.63, 3.8) is 0 Å². The lowest BCUT2D eigenvalue weighted by Gasteiger charge is -2.65. The van der Waals surface area contributed by atoms with Crippen molar-refractivity contribution in [1.82, 2.24) is 0 Å². The summed E-state index contributed by atoms with van der Waals surface area (Å²) in [6.45, 7) is 3.86. The van der Waals surface area contributed by atoms with Gasteiger partial charge < -0.3 is 49.6 Å². The van der Waals surface area contributed by atoms with E-state index in [1.165, 1.54) is 0 Å². The minimum absolute atomic E-state index is 0.0325.